The largest absolute Gasteiger partial charge is 0.363 e. The molecule has 0 unspecified atom stereocenters. The monoisotopic (exact) mass is 416 g/mol. The van der Waals surface area contributed by atoms with Gasteiger partial charge in [0.05, 0.1) is 12.5 Å². The van der Waals surface area contributed by atoms with Gasteiger partial charge in [0.25, 0.3) is 5.91 Å². The van der Waals surface area contributed by atoms with E-state index in [4.69, 9.17) is 0 Å². The standard InChI is InChI=1S/C23H24N6O2/c1-29(2)20-13-15(26-22(28-20)18-9-5-6-11-24-18)10-12-25-21(30)14-19-16-7-3-4-8-17(16)23(31)27-19/h3-9,11,13,19H,10,12,14H2,1-2H3,(H,25,30)(H,27,31)/t19-/m0/s1. The van der Waals surface area contributed by atoms with Crippen LogP contribution in [0.1, 0.15) is 34.1 Å². The second-order valence-electron chi connectivity index (χ2n) is 7.57. The van der Waals surface area contributed by atoms with Crippen molar-refractivity contribution < 1.29 is 9.59 Å². The molecule has 4 rings (SSSR count). The van der Waals surface area contributed by atoms with Gasteiger partial charge in [0.15, 0.2) is 5.82 Å². The average molecular weight is 416 g/mol. The minimum atomic E-state index is -0.293. The van der Waals surface area contributed by atoms with Crippen LogP contribution in [0, 0.1) is 0 Å². The molecule has 0 aliphatic carbocycles. The topological polar surface area (TPSA) is 100 Å². The van der Waals surface area contributed by atoms with Crippen molar-refractivity contribution in [1.29, 1.82) is 0 Å². The fraction of sp³-hybridized carbons (Fsp3) is 0.261. The Hall–Kier alpha value is -3.81. The molecule has 3 heterocycles. The molecule has 0 fully saturated rings. The minimum Gasteiger partial charge on any atom is -0.363 e. The van der Waals surface area contributed by atoms with Crippen molar-refractivity contribution in [3.8, 4) is 11.5 Å². The Balaban J connectivity index is 1.39. The first-order valence-electron chi connectivity index (χ1n) is 10.1. The van der Waals surface area contributed by atoms with Gasteiger partial charge in [-0.15, -0.1) is 0 Å². The molecule has 1 atom stereocenters. The molecule has 0 saturated carbocycles. The van der Waals surface area contributed by atoms with Gasteiger partial charge < -0.3 is 15.5 Å². The second kappa shape index (κ2) is 8.91. The van der Waals surface area contributed by atoms with Crippen molar-refractivity contribution in [3.63, 3.8) is 0 Å². The van der Waals surface area contributed by atoms with E-state index in [2.05, 4.69) is 25.6 Å². The van der Waals surface area contributed by atoms with E-state index >= 15 is 0 Å². The lowest BCUT2D eigenvalue weighted by molar-refractivity contribution is -0.121. The van der Waals surface area contributed by atoms with Crippen LogP contribution in [-0.2, 0) is 11.2 Å². The summed E-state index contributed by atoms with van der Waals surface area (Å²) in [6, 6.07) is 14.6. The molecule has 0 bridgehead atoms. The maximum Gasteiger partial charge on any atom is 0.252 e. The predicted octanol–water partition coefficient (Wildman–Crippen LogP) is 2.14. The van der Waals surface area contributed by atoms with Crippen molar-refractivity contribution in [2.75, 3.05) is 25.5 Å². The van der Waals surface area contributed by atoms with Crippen molar-refractivity contribution in [3.05, 3.63) is 71.5 Å². The Morgan fingerprint density at radius 2 is 1.94 bits per heavy atom. The molecular formula is C23H24N6O2. The van der Waals surface area contributed by atoms with E-state index in [1.54, 1.807) is 12.3 Å². The SMILES string of the molecule is CN(C)c1cc(CCNC(=O)C[C@@H]2NC(=O)c3ccccc32)nc(-c2ccccn2)n1. The molecule has 2 amide bonds. The Labute approximate surface area is 180 Å². The van der Waals surface area contributed by atoms with Crippen LogP contribution in [0.25, 0.3) is 11.5 Å². The highest BCUT2D eigenvalue weighted by Gasteiger charge is 2.29. The fourth-order valence-corrected chi connectivity index (χ4v) is 3.52. The Morgan fingerprint density at radius 3 is 2.71 bits per heavy atom. The van der Waals surface area contributed by atoms with E-state index in [1.807, 2.05) is 61.5 Å². The lowest BCUT2D eigenvalue weighted by Gasteiger charge is -2.15. The van der Waals surface area contributed by atoms with Crippen LogP contribution in [-0.4, -0.2) is 47.4 Å². The molecular weight excluding hydrogens is 392 g/mol. The number of benzene rings is 1. The van der Waals surface area contributed by atoms with Crippen LogP contribution in [0.15, 0.2) is 54.7 Å². The van der Waals surface area contributed by atoms with E-state index in [-0.39, 0.29) is 24.3 Å². The zero-order valence-electron chi connectivity index (χ0n) is 17.5. The van der Waals surface area contributed by atoms with Crippen LogP contribution in [0.4, 0.5) is 5.82 Å². The highest BCUT2D eigenvalue weighted by Crippen LogP contribution is 2.27. The number of carbonyl (C=O) groups is 2. The number of carbonyl (C=O) groups excluding carboxylic acids is 2. The molecule has 1 aliphatic heterocycles. The van der Waals surface area contributed by atoms with Crippen molar-refractivity contribution >= 4 is 17.6 Å². The summed E-state index contributed by atoms with van der Waals surface area (Å²) in [5, 5.41) is 5.80. The van der Waals surface area contributed by atoms with Crippen molar-refractivity contribution in [1.82, 2.24) is 25.6 Å². The van der Waals surface area contributed by atoms with Gasteiger partial charge in [-0.05, 0) is 23.8 Å². The lowest BCUT2D eigenvalue weighted by atomic mass is 10.0. The van der Waals surface area contributed by atoms with Crippen LogP contribution in [0.5, 0.6) is 0 Å². The predicted molar refractivity (Wildman–Crippen MR) is 118 cm³/mol. The van der Waals surface area contributed by atoms with Crippen molar-refractivity contribution in [2.24, 2.45) is 0 Å². The fourth-order valence-electron chi connectivity index (χ4n) is 3.52. The Bertz CT molecular complexity index is 1100. The van der Waals surface area contributed by atoms with Crippen LogP contribution >= 0.6 is 0 Å². The summed E-state index contributed by atoms with van der Waals surface area (Å²) in [5.41, 5.74) is 3.03. The van der Waals surface area contributed by atoms with E-state index in [1.165, 1.54) is 0 Å². The molecule has 2 aromatic heterocycles. The second-order valence-corrected chi connectivity index (χ2v) is 7.57. The molecule has 0 spiro atoms. The molecule has 31 heavy (non-hydrogen) atoms. The van der Waals surface area contributed by atoms with E-state index in [9.17, 15) is 9.59 Å². The molecule has 2 N–H and O–H groups in total. The molecule has 8 nitrogen and oxygen atoms in total. The van der Waals surface area contributed by atoms with E-state index < -0.39 is 0 Å². The summed E-state index contributed by atoms with van der Waals surface area (Å²) in [6.07, 6.45) is 2.47. The van der Waals surface area contributed by atoms with Gasteiger partial charge in [-0.3, -0.25) is 14.6 Å². The summed E-state index contributed by atoms with van der Waals surface area (Å²) in [6.45, 7) is 0.437. The smallest absolute Gasteiger partial charge is 0.252 e. The molecule has 1 aromatic carbocycles. The highest BCUT2D eigenvalue weighted by atomic mass is 16.2. The number of rotatable bonds is 7. The normalized spacial score (nSPS) is 14.6. The summed E-state index contributed by atoms with van der Waals surface area (Å²) < 4.78 is 0. The third kappa shape index (κ3) is 4.69. The maximum absolute atomic E-state index is 12.5. The number of nitrogens with zero attached hydrogens (tertiary/aromatic N) is 4. The average Bonchev–Trinajstić information content (AvgIpc) is 3.09. The summed E-state index contributed by atoms with van der Waals surface area (Å²) in [4.78, 5) is 39.9. The first-order chi connectivity index (χ1) is 15.0. The Morgan fingerprint density at radius 1 is 1.13 bits per heavy atom. The number of hydrogen-bond acceptors (Lipinski definition) is 6. The number of aromatic nitrogens is 3. The lowest BCUT2D eigenvalue weighted by Crippen LogP contribution is -2.30. The van der Waals surface area contributed by atoms with Gasteiger partial charge in [0.2, 0.25) is 5.91 Å². The first kappa shape index (κ1) is 20.5. The van der Waals surface area contributed by atoms with Crippen molar-refractivity contribution in [2.45, 2.75) is 18.9 Å². The highest BCUT2D eigenvalue weighted by molar-refractivity contribution is 5.99. The van der Waals surface area contributed by atoms with Gasteiger partial charge in [-0.25, -0.2) is 9.97 Å². The maximum atomic E-state index is 12.5. The quantitative estimate of drug-likeness (QED) is 0.612. The van der Waals surface area contributed by atoms with Gasteiger partial charge in [0, 0.05) is 50.6 Å². The number of amides is 2. The number of fused-ring (bicyclic) bond motifs is 1. The zero-order chi connectivity index (χ0) is 21.8. The minimum absolute atomic E-state index is 0.117. The van der Waals surface area contributed by atoms with Gasteiger partial charge in [0.1, 0.15) is 11.5 Å². The van der Waals surface area contributed by atoms with Crippen LogP contribution in [0.3, 0.4) is 0 Å². The number of nitrogens with one attached hydrogen (secondary N) is 2. The van der Waals surface area contributed by atoms with E-state index in [0.29, 0.717) is 30.0 Å². The van der Waals surface area contributed by atoms with Gasteiger partial charge in [-0.2, -0.15) is 0 Å². The summed E-state index contributed by atoms with van der Waals surface area (Å²) >= 11 is 0. The molecule has 0 saturated heterocycles. The Kier molecular flexibility index (Phi) is 5.88. The molecule has 0 radical (unpaired) electrons. The zero-order valence-corrected chi connectivity index (χ0v) is 17.5. The van der Waals surface area contributed by atoms with Gasteiger partial charge in [-0.1, -0.05) is 24.3 Å². The molecule has 1 aliphatic rings. The third-order valence-corrected chi connectivity index (χ3v) is 5.10. The third-order valence-electron chi connectivity index (χ3n) is 5.10. The number of anilines is 1. The molecule has 8 heteroatoms. The van der Waals surface area contributed by atoms with E-state index in [0.717, 1.165) is 17.1 Å². The summed E-state index contributed by atoms with van der Waals surface area (Å²) in [7, 11) is 3.84. The number of hydrogen-bond donors (Lipinski definition) is 2. The molecule has 158 valence electrons. The number of pyridine rings is 1. The van der Waals surface area contributed by atoms with Crippen LogP contribution < -0.4 is 15.5 Å². The summed E-state index contributed by atoms with van der Waals surface area (Å²) in [5.74, 6) is 1.09. The first-order valence-corrected chi connectivity index (χ1v) is 10.1. The van der Waals surface area contributed by atoms with Gasteiger partial charge >= 0.3 is 0 Å². The molecule has 3 aromatic rings. The van der Waals surface area contributed by atoms with Crippen LogP contribution in [0.2, 0.25) is 0 Å².